The van der Waals surface area contributed by atoms with Crippen molar-refractivity contribution in [3.05, 3.63) is 71.8 Å². The van der Waals surface area contributed by atoms with Crippen molar-refractivity contribution >= 4 is 0 Å². The molecule has 0 heterocycles. The van der Waals surface area contributed by atoms with Crippen LogP contribution in [0.2, 0.25) is 0 Å². The van der Waals surface area contributed by atoms with Gasteiger partial charge in [0.15, 0.2) is 0 Å². The van der Waals surface area contributed by atoms with Crippen molar-refractivity contribution in [3.8, 4) is 11.8 Å². The summed E-state index contributed by atoms with van der Waals surface area (Å²) in [5, 5.41) is 0. The molecule has 0 unspecified atom stereocenters. The van der Waals surface area contributed by atoms with E-state index >= 15 is 0 Å². The molecule has 0 spiro atoms. The maximum absolute atomic E-state index is 3.35. The van der Waals surface area contributed by atoms with Gasteiger partial charge in [0.1, 0.15) is 0 Å². The molecule has 0 nitrogen and oxygen atoms in total. The summed E-state index contributed by atoms with van der Waals surface area (Å²) in [6, 6.07) is 20.6. The van der Waals surface area contributed by atoms with Gasteiger partial charge in [-0.05, 0) is 24.1 Å². The quantitative estimate of drug-likeness (QED) is 0.664. The van der Waals surface area contributed by atoms with Crippen LogP contribution in [-0.2, 0) is 0 Å². The molecule has 2 aromatic rings. The van der Waals surface area contributed by atoms with Crippen molar-refractivity contribution in [2.45, 2.75) is 19.3 Å². The summed E-state index contributed by atoms with van der Waals surface area (Å²) in [6.07, 6.45) is 1.05. The predicted octanol–water partition coefficient (Wildman–Crippen LogP) is 4.23. The lowest BCUT2D eigenvalue weighted by molar-refractivity contribution is 0.830. The zero-order valence-corrected chi connectivity index (χ0v) is 10.1. The van der Waals surface area contributed by atoms with Crippen LogP contribution in [0.4, 0.5) is 0 Å². The second-order valence-corrected chi connectivity index (χ2v) is 4.01. The van der Waals surface area contributed by atoms with Gasteiger partial charge in [0.25, 0.3) is 0 Å². The fourth-order valence-corrected chi connectivity index (χ4v) is 1.80. The average Bonchev–Trinajstić information content (AvgIpc) is 2.42. The lowest BCUT2D eigenvalue weighted by Crippen LogP contribution is -1.93. The molecule has 0 amide bonds. The van der Waals surface area contributed by atoms with Gasteiger partial charge in [0.2, 0.25) is 0 Å². The zero-order valence-electron chi connectivity index (χ0n) is 10.1. The minimum absolute atomic E-state index is 0.330. The van der Waals surface area contributed by atoms with Crippen LogP contribution in [0.1, 0.15) is 30.4 Å². The van der Waals surface area contributed by atoms with Crippen LogP contribution in [0.5, 0.6) is 0 Å². The van der Waals surface area contributed by atoms with E-state index in [1.165, 1.54) is 5.56 Å². The Hall–Kier alpha value is -2.00. The lowest BCUT2D eigenvalue weighted by atomic mass is 9.97. The largest absolute Gasteiger partial charge is 0.0897 e. The van der Waals surface area contributed by atoms with E-state index in [-0.39, 0.29) is 0 Å². The summed E-state index contributed by atoms with van der Waals surface area (Å²) >= 11 is 0. The fourth-order valence-electron chi connectivity index (χ4n) is 1.80. The molecule has 2 aromatic carbocycles. The monoisotopic (exact) mass is 220 g/mol. The van der Waals surface area contributed by atoms with Gasteiger partial charge in [0, 0.05) is 11.5 Å². The standard InChI is InChI=1S/C17H16/c1-2-16(17-11-7-4-8-12-17)14-13-15-9-5-3-6-10-15/h3-12,16H,2H2,1H3/t16-/m1/s1. The molecule has 0 N–H and O–H groups in total. The first-order chi connectivity index (χ1) is 8.40. The highest BCUT2D eigenvalue weighted by Crippen LogP contribution is 2.17. The van der Waals surface area contributed by atoms with Gasteiger partial charge >= 0.3 is 0 Å². The van der Waals surface area contributed by atoms with E-state index in [9.17, 15) is 0 Å². The molecule has 0 aliphatic carbocycles. The normalized spacial score (nSPS) is 11.4. The Morgan fingerprint density at radius 3 is 2.06 bits per heavy atom. The maximum atomic E-state index is 3.35. The first-order valence-corrected chi connectivity index (χ1v) is 6.01. The molecule has 0 heteroatoms. The SMILES string of the molecule is CC[C@H](C#Cc1ccccc1)c1ccccc1. The third-order valence-corrected chi connectivity index (χ3v) is 2.77. The Balaban J connectivity index is 2.20. The Labute approximate surface area is 103 Å². The van der Waals surface area contributed by atoms with Gasteiger partial charge in [-0.25, -0.2) is 0 Å². The molecule has 0 fully saturated rings. The van der Waals surface area contributed by atoms with Gasteiger partial charge < -0.3 is 0 Å². The highest BCUT2D eigenvalue weighted by atomic mass is 14.1. The van der Waals surface area contributed by atoms with Crippen LogP contribution in [0.3, 0.4) is 0 Å². The molecule has 0 saturated carbocycles. The number of hydrogen-bond acceptors (Lipinski definition) is 0. The van der Waals surface area contributed by atoms with Gasteiger partial charge in [0.05, 0.1) is 0 Å². The second kappa shape index (κ2) is 5.92. The summed E-state index contributed by atoms with van der Waals surface area (Å²) in [4.78, 5) is 0. The van der Waals surface area contributed by atoms with E-state index in [2.05, 4.69) is 43.0 Å². The lowest BCUT2D eigenvalue weighted by Gasteiger charge is -2.07. The Kier molecular flexibility index (Phi) is 4.00. The van der Waals surface area contributed by atoms with Crippen molar-refractivity contribution < 1.29 is 0 Å². The van der Waals surface area contributed by atoms with Crippen LogP contribution >= 0.6 is 0 Å². The highest BCUT2D eigenvalue weighted by molar-refractivity contribution is 5.37. The Morgan fingerprint density at radius 1 is 0.882 bits per heavy atom. The molecule has 0 aliphatic rings. The second-order valence-electron chi connectivity index (χ2n) is 4.01. The highest BCUT2D eigenvalue weighted by Gasteiger charge is 2.03. The molecular weight excluding hydrogens is 204 g/mol. The van der Waals surface area contributed by atoms with Crippen molar-refractivity contribution in [3.63, 3.8) is 0 Å². The van der Waals surface area contributed by atoms with Crippen LogP contribution in [0.15, 0.2) is 60.7 Å². The molecule has 0 saturated heterocycles. The third kappa shape index (κ3) is 3.23. The van der Waals surface area contributed by atoms with Gasteiger partial charge in [-0.3, -0.25) is 0 Å². The van der Waals surface area contributed by atoms with Gasteiger partial charge in [-0.1, -0.05) is 67.3 Å². The van der Waals surface area contributed by atoms with E-state index in [1.807, 2.05) is 36.4 Å². The third-order valence-electron chi connectivity index (χ3n) is 2.77. The molecular formula is C17H16. The number of hydrogen-bond donors (Lipinski definition) is 0. The summed E-state index contributed by atoms with van der Waals surface area (Å²) < 4.78 is 0. The molecule has 1 atom stereocenters. The van der Waals surface area contributed by atoms with Crippen LogP contribution in [0, 0.1) is 11.8 Å². The summed E-state index contributed by atoms with van der Waals surface area (Å²) in [6.45, 7) is 2.18. The average molecular weight is 220 g/mol. The van der Waals surface area contributed by atoms with Crippen LogP contribution < -0.4 is 0 Å². The summed E-state index contributed by atoms with van der Waals surface area (Å²) in [7, 11) is 0. The molecule has 0 radical (unpaired) electrons. The fraction of sp³-hybridized carbons (Fsp3) is 0.176. The van der Waals surface area contributed by atoms with Crippen LogP contribution in [0.25, 0.3) is 0 Å². The first-order valence-electron chi connectivity index (χ1n) is 6.01. The zero-order chi connectivity index (χ0) is 11.9. The smallest absolute Gasteiger partial charge is 0.0453 e. The van der Waals surface area contributed by atoms with Gasteiger partial charge in [-0.15, -0.1) is 0 Å². The molecule has 84 valence electrons. The van der Waals surface area contributed by atoms with E-state index in [4.69, 9.17) is 0 Å². The van der Waals surface area contributed by atoms with E-state index in [0.717, 1.165) is 12.0 Å². The summed E-state index contributed by atoms with van der Waals surface area (Å²) in [5.74, 6) is 6.93. The Bertz CT molecular complexity index is 500. The van der Waals surface area contributed by atoms with E-state index in [0.29, 0.717) is 5.92 Å². The minimum Gasteiger partial charge on any atom is -0.0897 e. The number of benzene rings is 2. The van der Waals surface area contributed by atoms with Crippen molar-refractivity contribution in [2.75, 3.05) is 0 Å². The molecule has 0 aromatic heterocycles. The Morgan fingerprint density at radius 2 is 1.47 bits per heavy atom. The minimum atomic E-state index is 0.330. The van der Waals surface area contributed by atoms with E-state index in [1.54, 1.807) is 0 Å². The molecule has 17 heavy (non-hydrogen) atoms. The van der Waals surface area contributed by atoms with Crippen LogP contribution in [-0.4, -0.2) is 0 Å². The van der Waals surface area contributed by atoms with Crippen molar-refractivity contribution in [2.24, 2.45) is 0 Å². The number of rotatable bonds is 2. The maximum Gasteiger partial charge on any atom is 0.0453 e. The van der Waals surface area contributed by atoms with Gasteiger partial charge in [-0.2, -0.15) is 0 Å². The first kappa shape index (κ1) is 11.5. The van der Waals surface area contributed by atoms with Crippen molar-refractivity contribution in [1.29, 1.82) is 0 Å². The predicted molar refractivity (Wildman–Crippen MR) is 72.8 cm³/mol. The van der Waals surface area contributed by atoms with Crippen molar-refractivity contribution in [1.82, 2.24) is 0 Å². The van der Waals surface area contributed by atoms with E-state index < -0.39 is 0 Å². The molecule has 0 aliphatic heterocycles. The molecule has 2 rings (SSSR count). The molecule has 0 bridgehead atoms. The topological polar surface area (TPSA) is 0 Å². The summed E-state index contributed by atoms with van der Waals surface area (Å²) in [5.41, 5.74) is 2.39.